The molecule has 0 radical (unpaired) electrons. The van der Waals surface area contributed by atoms with E-state index in [1.54, 1.807) is 30.3 Å². The maximum Gasteiger partial charge on any atom is 0.262 e. The molecule has 0 saturated heterocycles. The first-order valence-electron chi connectivity index (χ1n) is 9.94. The molecule has 0 aliphatic carbocycles. The van der Waals surface area contributed by atoms with Crippen LogP contribution in [-0.4, -0.2) is 17.5 Å². The number of hydrogen-bond acceptors (Lipinski definition) is 4. The van der Waals surface area contributed by atoms with Crippen LogP contribution in [0, 0.1) is 6.92 Å². The van der Waals surface area contributed by atoms with Gasteiger partial charge in [-0.1, -0.05) is 53.5 Å². The molecule has 1 amide bonds. The largest absolute Gasteiger partial charge is 0.489 e. The van der Waals surface area contributed by atoms with Crippen LogP contribution >= 0.6 is 23.2 Å². The van der Waals surface area contributed by atoms with Crippen molar-refractivity contribution in [3.63, 3.8) is 0 Å². The Morgan fingerprint density at radius 1 is 0.938 bits per heavy atom. The van der Waals surface area contributed by atoms with Gasteiger partial charge in [-0.25, -0.2) is 4.98 Å². The van der Waals surface area contributed by atoms with Crippen molar-refractivity contribution in [3.05, 3.63) is 94.1 Å². The molecule has 1 aromatic heterocycles. The molecular formula is C25H20Cl2N2O3. The number of benzene rings is 3. The van der Waals surface area contributed by atoms with Crippen LogP contribution in [0.15, 0.2) is 72.8 Å². The van der Waals surface area contributed by atoms with Crippen LogP contribution in [0.5, 0.6) is 11.5 Å². The van der Waals surface area contributed by atoms with Crippen LogP contribution < -0.4 is 14.8 Å². The van der Waals surface area contributed by atoms with Gasteiger partial charge in [-0.15, -0.1) is 0 Å². The Morgan fingerprint density at radius 3 is 2.44 bits per heavy atom. The number of aromatic nitrogens is 1. The molecule has 0 unspecified atom stereocenters. The standard InChI is InChI=1S/C25H20Cl2N2O3/c1-16-7-12-20-21(26)13-22(27)25(24(20)28-16)32-15-23(30)29-18-8-10-19(11-9-18)31-14-17-5-3-2-4-6-17/h2-13H,14-15H2,1H3,(H,29,30). The molecule has 162 valence electrons. The lowest BCUT2D eigenvalue weighted by Gasteiger charge is -2.13. The molecular weight excluding hydrogens is 447 g/mol. The molecule has 1 N–H and O–H groups in total. The number of hydrogen-bond donors (Lipinski definition) is 1. The predicted octanol–water partition coefficient (Wildman–Crippen LogP) is 6.45. The molecule has 3 aromatic carbocycles. The lowest BCUT2D eigenvalue weighted by molar-refractivity contribution is -0.118. The minimum absolute atomic E-state index is 0.224. The molecule has 5 nitrogen and oxygen atoms in total. The van der Waals surface area contributed by atoms with Crippen molar-refractivity contribution in [2.75, 3.05) is 11.9 Å². The molecule has 0 saturated carbocycles. The van der Waals surface area contributed by atoms with Gasteiger partial charge in [0.2, 0.25) is 0 Å². The highest BCUT2D eigenvalue weighted by molar-refractivity contribution is 6.39. The van der Waals surface area contributed by atoms with Crippen LogP contribution in [-0.2, 0) is 11.4 Å². The van der Waals surface area contributed by atoms with Crippen molar-refractivity contribution in [2.45, 2.75) is 13.5 Å². The van der Waals surface area contributed by atoms with Crippen molar-refractivity contribution >= 4 is 45.7 Å². The number of pyridine rings is 1. The average Bonchev–Trinajstić information content (AvgIpc) is 2.79. The van der Waals surface area contributed by atoms with E-state index in [0.717, 1.165) is 11.3 Å². The fourth-order valence-corrected chi connectivity index (χ4v) is 3.71. The highest BCUT2D eigenvalue weighted by atomic mass is 35.5. The number of aryl methyl sites for hydroxylation is 1. The van der Waals surface area contributed by atoms with Crippen molar-refractivity contribution < 1.29 is 14.3 Å². The van der Waals surface area contributed by atoms with Gasteiger partial charge >= 0.3 is 0 Å². The van der Waals surface area contributed by atoms with Crippen molar-refractivity contribution in [3.8, 4) is 11.5 Å². The van der Waals surface area contributed by atoms with Crippen LogP contribution in [0.1, 0.15) is 11.3 Å². The number of halogens is 2. The molecule has 32 heavy (non-hydrogen) atoms. The molecule has 1 heterocycles. The van der Waals surface area contributed by atoms with E-state index in [1.165, 1.54) is 0 Å². The number of carbonyl (C=O) groups is 1. The summed E-state index contributed by atoms with van der Waals surface area (Å²) in [6.07, 6.45) is 0. The number of anilines is 1. The summed E-state index contributed by atoms with van der Waals surface area (Å²) in [4.78, 5) is 16.9. The van der Waals surface area contributed by atoms with E-state index in [1.807, 2.05) is 49.4 Å². The zero-order valence-corrected chi connectivity index (χ0v) is 18.8. The number of amides is 1. The minimum Gasteiger partial charge on any atom is -0.489 e. The zero-order valence-electron chi connectivity index (χ0n) is 17.3. The highest BCUT2D eigenvalue weighted by Gasteiger charge is 2.15. The Bertz CT molecular complexity index is 1250. The van der Waals surface area contributed by atoms with Gasteiger partial charge in [0.15, 0.2) is 12.4 Å². The Morgan fingerprint density at radius 2 is 1.69 bits per heavy atom. The summed E-state index contributed by atoms with van der Waals surface area (Å²) in [6.45, 7) is 2.11. The Labute approximate surface area is 195 Å². The van der Waals surface area contributed by atoms with E-state index in [2.05, 4.69) is 10.3 Å². The first kappa shape index (κ1) is 21.9. The lowest BCUT2D eigenvalue weighted by Crippen LogP contribution is -2.20. The molecule has 4 aromatic rings. The Kier molecular flexibility index (Phi) is 6.78. The summed E-state index contributed by atoms with van der Waals surface area (Å²) in [7, 11) is 0. The highest BCUT2D eigenvalue weighted by Crippen LogP contribution is 2.37. The summed E-state index contributed by atoms with van der Waals surface area (Å²) in [5.41, 5.74) is 3.03. The third-order valence-electron chi connectivity index (χ3n) is 4.71. The van der Waals surface area contributed by atoms with Gasteiger partial charge in [-0.05, 0) is 55.0 Å². The normalized spacial score (nSPS) is 10.7. The molecule has 0 aliphatic heterocycles. The SMILES string of the molecule is Cc1ccc2c(Cl)cc(Cl)c(OCC(=O)Nc3ccc(OCc4ccccc4)cc3)c2n1. The Hall–Kier alpha value is -3.28. The summed E-state index contributed by atoms with van der Waals surface area (Å²) < 4.78 is 11.5. The fourth-order valence-electron chi connectivity index (χ4n) is 3.14. The molecule has 0 bridgehead atoms. The topological polar surface area (TPSA) is 60.5 Å². The van der Waals surface area contributed by atoms with Gasteiger partial charge in [0.25, 0.3) is 5.91 Å². The molecule has 0 aliphatic rings. The summed E-state index contributed by atoms with van der Waals surface area (Å²) in [5.74, 6) is 0.716. The third-order valence-corrected chi connectivity index (χ3v) is 5.30. The number of carbonyl (C=O) groups excluding carboxylic acids is 1. The van der Waals surface area contributed by atoms with Crippen molar-refractivity contribution in [1.29, 1.82) is 0 Å². The van der Waals surface area contributed by atoms with E-state index < -0.39 is 0 Å². The maximum absolute atomic E-state index is 12.4. The first-order valence-corrected chi connectivity index (χ1v) is 10.7. The second-order valence-electron chi connectivity index (χ2n) is 7.15. The number of rotatable bonds is 7. The number of nitrogens with zero attached hydrogens (tertiary/aromatic N) is 1. The molecule has 7 heteroatoms. The number of ether oxygens (including phenoxy) is 2. The molecule has 0 fully saturated rings. The van der Waals surface area contributed by atoms with Crippen molar-refractivity contribution in [2.24, 2.45) is 0 Å². The second-order valence-corrected chi connectivity index (χ2v) is 7.97. The van der Waals surface area contributed by atoms with E-state index in [0.29, 0.717) is 44.7 Å². The average molecular weight is 467 g/mol. The van der Waals surface area contributed by atoms with E-state index in [4.69, 9.17) is 32.7 Å². The van der Waals surface area contributed by atoms with Gasteiger partial charge in [-0.2, -0.15) is 0 Å². The molecule has 0 atom stereocenters. The minimum atomic E-state index is -0.324. The van der Waals surface area contributed by atoms with E-state index >= 15 is 0 Å². The third kappa shape index (κ3) is 5.31. The zero-order chi connectivity index (χ0) is 22.5. The smallest absolute Gasteiger partial charge is 0.262 e. The fraction of sp³-hybridized carbons (Fsp3) is 0.120. The number of nitrogens with one attached hydrogen (secondary N) is 1. The molecule has 0 spiro atoms. The second kappa shape index (κ2) is 9.90. The lowest BCUT2D eigenvalue weighted by atomic mass is 10.2. The predicted molar refractivity (Wildman–Crippen MR) is 128 cm³/mol. The summed E-state index contributed by atoms with van der Waals surface area (Å²) >= 11 is 12.6. The van der Waals surface area contributed by atoms with Gasteiger partial charge in [0.05, 0.1) is 10.0 Å². The summed E-state index contributed by atoms with van der Waals surface area (Å²) in [5, 5.41) is 4.28. The van der Waals surface area contributed by atoms with Gasteiger partial charge in [0, 0.05) is 16.8 Å². The van der Waals surface area contributed by atoms with Gasteiger partial charge in [-0.3, -0.25) is 4.79 Å². The van der Waals surface area contributed by atoms with E-state index in [-0.39, 0.29) is 12.5 Å². The van der Waals surface area contributed by atoms with Crippen LogP contribution in [0.2, 0.25) is 10.0 Å². The summed E-state index contributed by atoms with van der Waals surface area (Å²) in [6, 6.07) is 22.3. The molecule has 4 rings (SSSR count). The quantitative estimate of drug-likeness (QED) is 0.340. The first-order chi connectivity index (χ1) is 15.5. The van der Waals surface area contributed by atoms with Crippen LogP contribution in [0.3, 0.4) is 0 Å². The monoisotopic (exact) mass is 466 g/mol. The Balaban J connectivity index is 1.37. The van der Waals surface area contributed by atoms with Crippen molar-refractivity contribution in [1.82, 2.24) is 4.98 Å². The van der Waals surface area contributed by atoms with Gasteiger partial charge < -0.3 is 14.8 Å². The van der Waals surface area contributed by atoms with E-state index in [9.17, 15) is 4.79 Å². The van der Waals surface area contributed by atoms with Crippen LogP contribution in [0.25, 0.3) is 10.9 Å². The number of fused-ring (bicyclic) bond motifs is 1. The maximum atomic E-state index is 12.4. The van der Waals surface area contributed by atoms with Crippen LogP contribution in [0.4, 0.5) is 5.69 Å². The van der Waals surface area contributed by atoms with Gasteiger partial charge in [0.1, 0.15) is 17.9 Å².